The maximum Gasteiger partial charge on any atom is 0.226 e. The summed E-state index contributed by atoms with van der Waals surface area (Å²) < 4.78 is 0. The van der Waals surface area contributed by atoms with Crippen molar-refractivity contribution in [2.75, 3.05) is 59.4 Å². The molecule has 0 spiro atoms. The molecule has 1 amide bonds. The summed E-state index contributed by atoms with van der Waals surface area (Å²) in [6, 6.07) is 0.820. The van der Waals surface area contributed by atoms with Crippen LogP contribution in [0.1, 0.15) is 65.7 Å². The molecule has 3 aliphatic heterocycles. The van der Waals surface area contributed by atoms with E-state index >= 15 is 0 Å². The van der Waals surface area contributed by atoms with Gasteiger partial charge in [-0.05, 0) is 97.2 Å². The summed E-state index contributed by atoms with van der Waals surface area (Å²) in [5.74, 6) is 2.84. The molecule has 3 saturated heterocycles. The van der Waals surface area contributed by atoms with Crippen LogP contribution in [0.25, 0.3) is 0 Å². The summed E-state index contributed by atoms with van der Waals surface area (Å²) in [5.41, 5.74) is 9.47. The summed E-state index contributed by atoms with van der Waals surface area (Å²) in [5, 5.41) is 10.0. The average Bonchev–Trinajstić information content (AvgIpc) is 3.32. The number of hydrazine groups is 1. The monoisotopic (exact) mass is 505 g/mol. The van der Waals surface area contributed by atoms with Gasteiger partial charge in [0.15, 0.2) is 0 Å². The van der Waals surface area contributed by atoms with Crippen LogP contribution >= 0.6 is 0 Å². The Morgan fingerprint density at radius 2 is 1.89 bits per heavy atom. The number of rotatable bonds is 10. The minimum absolute atomic E-state index is 0.106. The van der Waals surface area contributed by atoms with E-state index in [1.165, 1.54) is 38.5 Å². The van der Waals surface area contributed by atoms with E-state index in [1.54, 1.807) is 0 Å². The Hall–Kier alpha value is -0.770. The molecule has 0 aromatic heterocycles. The molecule has 0 radical (unpaired) electrons. The van der Waals surface area contributed by atoms with Gasteiger partial charge >= 0.3 is 0 Å². The molecular formula is C28H55N7O. The zero-order valence-electron chi connectivity index (χ0n) is 23.6. The minimum Gasteiger partial charge on any atom is -0.342 e. The standard InChI is InChI=1S/C28H55N7O/c1-5-34(19-22-9-7-12-30-16-22)28(36)24-15-26(32-27-25(24)17-31-35(27)20(2)3)23-10-6-8-21(14-23)18-33(4)13-11-29/h20-27,30-32H,5-19,29H2,1-4H3. The van der Waals surface area contributed by atoms with Crippen LogP contribution < -0.4 is 21.8 Å². The predicted octanol–water partition coefficient (Wildman–Crippen LogP) is 1.68. The summed E-state index contributed by atoms with van der Waals surface area (Å²) in [7, 11) is 2.21. The van der Waals surface area contributed by atoms with Gasteiger partial charge in [-0.1, -0.05) is 6.42 Å². The van der Waals surface area contributed by atoms with Crippen LogP contribution in [-0.4, -0.2) is 98.4 Å². The van der Waals surface area contributed by atoms with Gasteiger partial charge in [0.05, 0.1) is 6.17 Å². The van der Waals surface area contributed by atoms with Gasteiger partial charge in [0, 0.05) is 63.2 Å². The van der Waals surface area contributed by atoms with Gasteiger partial charge in [0.25, 0.3) is 0 Å². The quantitative estimate of drug-likeness (QED) is 0.359. The molecule has 0 aromatic rings. The van der Waals surface area contributed by atoms with Crippen molar-refractivity contribution >= 4 is 5.91 Å². The molecule has 7 unspecified atom stereocenters. The molecule has 4 fully saturated rings. The summed E-state index contributed by atoms with van der Waals surface area (Å²) in [6.07, 6.45) is 8.88. The predicted molar refractivity (Wildman–Crippen MR) is 147 cm³/mol. The first-order valence-electron chi connectivity index (χ1n) is 15.1. The highest BCUT2D eigenvalue weighted by Gasteiger charge is 2.50. The van der Waals surface area contributed by atoms with Crippen molar-refractivity contribution in [3.63, 3.8) is 0 Å². The lowest BCUT2D eigenvalue weighted by molar-refractivity contribution is -0.141. The van der Waals surface area contributed by atoms with E-state index in [9.17, 15) is 4.79 Å². The van der Waals surface area contributed by atoms with Crippen molar-refractivity contribution in [2.45, 2.75) is 84.0 Å². The molecule has 5 N–H and O–H groups in total. The van der Waals surface area contributed by atoms with Crippen LogP contribution in [0.3, 0.4) is 0 Å². The van der Waals surface area contributed by atoms with Crippen molar-refractivity contribution in [2.24, 2.45) is 35.3 Å². The summed E-state index contributed by atoms with van der Waals surface area (Å²) in [4.78, 5) is 18.8. The molecule has 7 atom stereocenters. The molecular weight excluding hydrogens is 450 g/mol. The Morgan fingerprint density at radius 3 is 2.58 bits per heavy atom. The van der Waals surface area contributed by atoms with E-state index in [-0.39, 0.29) is 12.1 Å². The second-order valence-electron chi connectivity index (χ2n) is 12.5. The van der Waals surface area contributed by atoms with Crippen LogP contribution in [0.15, 0.2) is 0 Å². The Morgan fingerprint density at radius 1 is 1.08 bits per heavy atom. The third kappa shape index (κ3) is 6.80. The Kier molecular flexibility index (Phi) is 10.5. The fourth-order valence-corrected chi connectivity index (χ4v) is 7.66. The number of likely N-dealkylation sites (N-methyl/N-ethyl adjacent to an activating group) is 1. The van der Waals surface area contributed by atoms with Gasteiger partial charge < -0.3 is 20.9 Å². The van der Waals surface area contributed by atoms with Gasteiger partial charge in [-0.25, -0.2) is 5.01 Å². The molecule has 4 rings (SSSR count). The highest BCUT2D eigenvalue weighted by Crippen LogP contribution is 2.40. The van der Waals surface area contributed by atoms with E-state index in [4.69, 9.17) is 5.73 Å². The average molecular weight is 506 g/mol. The third-order valence-electron chi connectivity index (χ3n) is 9.54. The number of nitrogens with two attached hydrogens (primary N) is 1. The van der Waals surface area contributed by atoms with Crippen molar-refractivity contribution in [3.05, 3.63) is 0 Å². The van der Waals surface area contributed by atoms with Crippen molar-refractivity contribution in [1.29, 1.82) is 0 Å². The molecule has 3 heterocycles. The maximum atomic E-state index is 14.1. The molecule has 1 aliphatic carbocycles. The van der Waals surface area contributed by atoms with E-state index in [2.05, 4.69) is 58.7 Å². The smallest absolute Gasteiger partial charge is 0.226 e. The molecule has 4 aliphatic rings. The zero-order valence-corrected chi connectivity index (χ0v) is 23.6. The number of nitrogens with zero attached hydrogens (tertiary/aromatic N) is 3. The SMILES string of the molecule is CCN(CC1CCCNC1)C(=O)C1CC(C2CCCC(CN(C)CCN)C2)NC2C1CNN2C(C)C. The minimum atomic E-state index is 0.106. The third-order valence-corrected chi connectivity index (χ3v) is 9.54. The van der Waals surface area contributed by atoms with Gasteiger partial charge in [-0.2, -0.15) is 0 Å². The highest BCUT2D eigenvalue weighted by atomic mass is 16.2. The number of hydrogen-bond acceptors (Lipinski definition) is 7. The molecule has 1 saturated carbocycles. The van der Waals surface area contributed by atoms with Crippen LogP contribution in [-0.2, 0) is 4.79 Å². The normalized spacial score (nSPS) is 35.8. The Bertz CT molecular complexity index is 685. The zero-order chi connectivity index (χ0) is 25.7. The second kappa shape index (κ2) is 13.3. The Balaban J connectivity index is 1.47. The lowest BCUT2D eigenvalue weighted by Gasteiger charge is -2.47. The summed E-state index contributed by atoms with van der Waals surface area (Å²) in [6.45, 7) is 14.3. The second-order valence-corrected chi connectivity index (χ2v) is 12.5. The van der Waals surface area contributed by atoms with E-state index < -0.39 is 0 Å². The molecule has 208 valence electrons. The van der Waals surface area contributed by atoms with E-state index in [0.717, 1.165) is 64.7 Å². The van der Waals surface area contributed by atoms with Gasteiger partial charge in [-0.15, -0.1) is 0 Å². The first kappa shape index (κ1) is 28.2. The lowest BCUT2D eigenvalue weighted by atomic mass is 9.71. The van der Waals surface area contributed by atoms with Crippen molar-refractivity contribution in [3.8, 4) is 0 Å². The van der Waals surface area contributed by atoms with Crippen LogP contribution in [0.2, 0.25) is 0 Å². The number of fused-ring (bicyclic) bond motifs is 1. The van der Waals surface area contributed by atoms with Crippen LogP contribution in [0, 0.1) is 29.6 Å². The van der Waals surface area contributed by atoms with E-state index in [0.29, 0.717) is 35.7 Å². The van der Waals surface area contributed by atoms with Crippen molar-refractivity contribution in [1.82, 2.24) is 30.9 Å². The molecule has 36 heavy (non-hydrogen) atoms. The topological polar surface area (TPSA) is 88.9 Å². The number of hydrogen-bond donors (Lipinski definition) is 4. The largest absolute Gasteiger partial charge is 0.342 e. The van der Waals surface area contributed by atoms with Gasteiger partial charge in [0.2, 0.25) is 5.91 Å². The highest BCUT2D eigenvalue weighted by molar-refractivity contribution is 5.79. The molecule has 8 nitrogen and oxygen atoms in total. The maximum absolute atomic E-state index is 14.1. The summed E-state index contributed by atoms with van der Waals surface area (Å²) >= 11 is 0. The first-order valence-corrected chi connectivity index (χ1v) is 15.1. The van der Waals surface area contributed by atoms with Crippen molar-refractivity contribution < 1.29 is 4.79 Å². The van der Waals surface area contributed by atoms with E-state index in [1.807, 2.05) is 0 Å². The van der Waals surface area contributed by atoms with Crippen LogP contribution in [0.5, 0.6) is 0 Å². The van der Waals surface area contributed by atoms with Gasteiger partial charge in [0.1, 0.15) is 0 Å². The number of amides is 1. The fraction of sp³-hybridized carbons (Fsp3) is 0.964. The fourth-order valence-electron chi connectivity index (χ4n) is 7.66. The van der Waals surface area contributed by atoms with Crippen LogP contribution in [0.4, 0.5) is 0 Å². The molecule has 0 aromatic carbocycles. The number of nitrogens with one attached hydrogen (secondary N) is 3. The first-order chi connectivity index (χ1) is 17.4. The molecule has 0 bridgehead atoms. The number of carbonyl (C=O) groups is 1. The van der Waals surface area contributed by atoms with Gasteiger partial charge in [-0.3, -0.25) is 15.5 Å². The number of carbonyl (C=O) groups excluding carboxylic acids is 1. The number of piperidine rings is 2. The Labute approximate surface area is 220 Å². The lowest BCUT2D eigenvalue weighted by Crippen LogP contribution is -2.62. The molecule has 8 heteroatoms.